The van der Waals surface area contributed by atoms with E-state index in [1.165, 1.54) is 0 Å². The third-order valence-corrected chi connectivity index (χ3v) is 5.20. The number of unbranched alkanes of at least 4 members (excludes halogenated alkanes) is 1. The fraction of sp³-hybridized carbons (Fsp3) is 0.632. The van der Waals surface area contributed by atoms with Gasteiger partial charge in [-0.15, -0.1) is 0 Å². The van der Waals surface area contributed by atoms with Crippen molar-refractivity contribution in [3.63, 3.8) is 0 Å². The van der Waals surface area contributed by atoms with Gasteiger partial charge in [-0.05, 0) is 43.2 Å². The van der Waals surface area contributed by atoms with Gasteiger partial charge in [-0.25, -0.2) is 0 Å². The number of rotatable bonds is 7. The number of carbonyl (C=O) groups excluding carboxylic acids is 1. The minimum absolute atomic E-state index is 0.00960. The lowest BCUT2D eigenvalue weighted by Gasteiger charge is -2.40. The summed E-state index contributed by atoms with van der Waals surface area (Å²) >= 11 is 0. The Kier molecular flexibility index (Phi) is 6.46. The van der Waals surface area contributed by atoms with Gasteiger partial charge in [0, 0.05) is 31.9 Å². The van der Waals surface area contributed by atoms with E-state index in [0.29, 0.717) is 0 Å². The van der Waals surface area contributed by atoms with Gasteiger partial charge >= 0.3 is 0 Å². The molecule has 0 unspecified atom stereocenters. The molecule has 1 aliphatic rings. The van der Waals surface area contributed by atoms with Crippen molar-refractivity contribution in [1.29, 1.82) is 0 Å². The summed E-state index contributed by atoms with van der Waals surface area (Å²) in [6, 6.07) is 7.78. The maximum Gasteiger partial charge on any atom is 0.255 e. The number of nitrogens with one attached hydrogen (secondary N) is 1. The molecule has 4 nitrogen and oxygen atoms in total. The molecule has 2 N–H and O–H groups in total. The van der Waals surface area contributed by atoms with E-state index in [9.17, 15) is 9.90 Å². The maximum atomic E-state index is 12.9. The molecule has 0 saturated carbocycles. The van der Waals surface area contributed by atoms with E-state index in [-0.39, 0.29) is 17.9 Å². The molecule has 0 bridgehead atoms. The summed E-state index contributed by atoms with van der Waals surface area (Å²) in [4.78, 5) is 14.8. The number of para-hydroxylation sites is 1. The highest BCUT2D eigenvalue weighted by Crippen LogP contribution is 2.35. The summed E-state index contributed by atoms with van der Waals surface area (Å²) in [6.45, 7) is 6.87. The largest absolute Gasteiger partial charge is 0.396 e. The number of aliphatic hydroxyl groups excluding tert-OH is 1. The number of aliphatic hydroxyl groups is 1. The lowest BCUT2D eigenvalue weighted by molar-refractivity contribution is 0.0338. The Bertz CT molecular complexity index is 502. The number of hydrogen-bond acceptors (Lipinski definition) is 3. The van der Waals surface area contributed by atoms with Gasteiger partial charge in [0.2, 0.25) is 0 Å². The first-order valence-electron chi connectivity index (χ1n) is 8.89. The van der Waals surface area contributed by atoms with Crippen molar-refractivity contribution in [2.45, 2.75) is 46.0 Å². The van der Waals surface area contributed by atoms with Gasteiger partial charge in [0.1, 0.15) is 0 Å². The number of hydrogen-bond donors (Lipinski definition) is 2. The molecular formula is C19H30N2O2. The van der Waals surface area contributed by atoms with Crippen LogP contribution in [0.1, 0.15) is 56.3 Å². The Labute approximate surface area is 139 Å². The Morgan fingerprint density at radius 3 is 2.57 bits per heavy atom. The van der Waals surface area contributed by atoms with Crippen LogP contribution in [-0.4, -0.2) is 42.2 Å². The molecule has 1 aromatic rings. The van der Waals surface area contributed by atoms with Gasteiger partial charge in [0.15, 0.2) is 0 Å². The van der Waals surface area contributed by atoms with Crippen molar-refractivity contribution < 1.29 is 9.90 Å². The van der Waals surface area contributed by atoms with Crippen LogP contribution in [0.5, 0.6) is 0 Å². The lowest BCUT2D eigenvalue weighted by atomic mass is 9.77. The first-order chi connectivity index (χ1) is 11.2. The fourth-order valence-electron chi connectivity index (χ4n) is 3.20. The molecule has 1 saturated heterocycles. The third-order valence-electron chi connectivity index (χ3n) is 5.20. The van der Waals surface area contributed by atoms with Crippen molar-refractivity contribution >= 4 is 11.6 Å². The Hall–Kier alpha value is -1.55. The predicted octanol–water partition coefficient (Wildman–Crippen LogP) is 3.52. The van der Waals surface area contributed by atoms with Crippen LogP contribution in [0, 0.1) is 5.41 Å². The average Bonchev–Trinajstić information content (AvgIpc) is 2.62. The molecule has 4 heteroatoms. The molecule has 0 aromatic heterocycles. The summed E-state index contributed by atoms with van der Waals surface area (Å²) in [5, 5.41) is 13.0. The van der Waals surface area contributed by atoms with Crippen molar-refractivity contribution in [1.82, 2.24) is 4.90 Å². The van der Waals surface area contributed by atoms with E-state index in [1.54, 1.807) is 0 Å². The molecular weight excluding hydrogens is 288 g/mol. The summed E-state index contributed by atoms with van der Waals surface area (Å²) in [6.07, 6.45) is 4.98. The number of amides is 1. The second kappa shape index (κ2) is 8.34. The molecule has 2 rings (SSSR count). The molecule has 0 radical (unpaired) electrons. The van der Waals surface area contributed by atoms with Crippen LogP contribution in [-0.2, 0) is 0 Å². The summed E-state index contributed by atoms with van der Waals surface area (Å²) in [7, 11) is 0. The van der Waals surface area contributed by atoms with E-state index < -0.39 is 0 Å². The van der Waals surface area contributed by atoms with E-state index in [4.69, 9.17) is 0 Å². The molecule has 1 aromatic carbocycles. The van der Waals surface area contributed by atoms with E-state index in [0.717, 1.165) is 63.0 Å². The van der Waals surface area contributed by atoms with Crippen LogP contribution >= 0.6 is 0 Å². The van der Waals surface area contributed by atoms with Gasteiger partial charge in [-0.3, -0.25) is 4.79 Å². The van der Waals surface area contributed by atoms with Crippen molar-refractivity contribution in [2.24, 2.45) is 5.41 Å². The number of piperidine rings is 1. The summed E-state index contributed by atoms with van der Waals surface area (Å²) in [5.74, 6) is 0.104. The van der Waals surface area contributed by atoms with Crippen molar-refractivity contribution in [2.75, 3.05) is 31.6 Å². The molecule has 0 aliphatic carbocycles. The highest BCUT2D eigenvalue weighted by atomic mass is 16.3. The quantitative estimate of drug-likeness (QED) is 0.756. The predicted molar refractivity (Wildman–Crippen MR) is 94.8 cm³/mol. The van der Waals surface area contributed by atoms with Crippen LogP contribution in [0.25, 0.3) is 0 Å². The zero-order valence-corrected chi connectivity index (χ0v) is 14.5. The highest BCUT2D eigenvalue weighted by Gasteiger charge is 2.34. The molecule has 0 spiro atoms. The van der Waals surface area contributed by atoms with E-state index >= 15 is 0 Å². The van der Waals surface area contributed by atoms with Gasteiger partial charge in [-0.2, -0.15) is 0 Å². The number of nitrogens with zero attached hydrogens (tertiary/aromatic N) is 1. The minimum Gasteiger partial charge on any atom is -0.396 e. The maximum absolute atomic E-state index is 12.9. The zero-order valence-electron chi connectivity index (χ0n) is 14.5. The minimum atomic E-state index is 0.00960. The van der Waals surface area contributed by atoms with Crippen LogP contribution in [0.15, 0.2) is 24.3 Å². The fourth-order valence-corrected chi connectivity index (χ4v) is 3.20. The number of anilines is 1. The normalized spacial score (nSPS) is 17.1. The van der Waals surface area contributed by atoms with Gasteiger partial charge in [0.25, 0.3) is 5.91 Å². The van der Waals surface area contributed by atoms with Crippen molar-refractivity contribution in [3.8, 4) is 0 Å². The molecule has 1 amide bonds. The summed E-state index contributed by atoms with van der Waals surface area (Å²) in [5.41, 5.74) is 1.70. The topological polar surface area (TPSA) is 52.6 Å². The Balaban J connectivity index is 2.04. The molecule has 1 aliphatic heterocycles. The third kappa shape index (κ3) is 4.25. The smallest absolute Gasteiger partial charge is 0.255 e. The van der Waals surface area contributed by atoms with Crippen LogP contribution < -0.4 is 5.32 Å². The SMILES string of the molecule is CCCCNc1ccccc1C(=O)N1CCC(CC)(CO)CC1. The van der Waals surface area contributed by atoms with E-state index in [2.05, 4.69) is 19.2 Å². The first-order valence-corrected chi connectivity index (χ1v) is 8.89. The molecule has 0 atom stereocenters. The molecule has 23 heavy (non-hydrogen) atoms. The van der Waals surface area contributed by atoms with Gasteiger partial charge in [-0.1, -0.05) is 32.4 Å². The number of carbonyl (C=O) groups is 1. The monoisotopic (exact) mass is 318 g/mol. The van der Waals surface area contributed by atoms with Gasteiger partial charge < -0.3 is 15.3 Å². The summed E-state index contributed by atoms with van der Waals surface area (Å²) < 4.78 is 0. The number of benzene rings is 1. The lowest BCUT2D eigenvalue weighted by Crippen LogP contribution is -2.44. The Morgan fingerprint density at radius 1 is 1.26 bits per heavy atom. The second-order valence-corrected chi connectivity index (χ2v) is 6.63. The van der Waals surface area contributed by atoms with Gasteiger partial charge in [0.05, 0.1) is 5.56 Å². The van der Waals surface area contributed by atoms with Crippen molar-refractivity contribution in [3.05, 3.63) is 29.8 Å². The average molecular weight is 318 g/mol. The van der Waals surface area contributed by atoms with E-state index in [1.807, 2.05) is 29.2 Å². The molecule has 1 heterocycles. The highest BCUT2D eigenvalue weighted by molar-refractivity contribution is 5.99. The first kappa shape index (κ1) is 17.8. The molecule has 128 valence electrons. The van der Waals surface area contributed by atoms with Crippen LogP contribution in [0.4, 0.5) is 5.69 Å². The number of likely N-dealkylation sites (tertiary alicyclic amines) is 1. The zero-order chi connectivity index (χ0) is 16.7. The Morgan fingerprint density at radius 2 is 1.96 bits per heavy atom. The second-order valence-electron chi connectivity index (χ2n) is 6.63. The van der Waals surface area contributed by atoms with Crippen LogP contribution in [0.2, 0.25) is 0 Å². The van der Waals surface area contributed by atoms with Crippen LogP contribution in [0.3, 0.4) is 0 Å². The molecule has 1 fully saturated rings. The standard InChI is InChI=1S/C19H30N2O2/c1-3-5-12-20-17-9-7-6-8-16(17)18(23)21-13-10-19(4-2,15-22)11-14-21/h6-9,20,22H,3-5,10-15H2,1-2H3.